The van der Waals surface area contributed by atoms with Crippen LogP contribution in [0.15, 0.2) is 47.4 Å². The smallest absolute Gasteiger partial charge is 0.243 e. The number of rotatable bonds is 8. The highest BCUT2D eigenvalue weighted by molar-refractivity contribution is 7.89. The summed E-state index contributed by atoms with van der Waals surface area (Å²) in [6, 6.07) is 11.3. The number of nitrogens with one attached hydrogen (secondary N) is 1. The Kier molecular flexibility index (Phi) is 7.76. The Hall–Kier alpha value is -1.64. The Morgan fingerprint density at radius 1 is 1.20 bits per heavy atom. The number of carbonyl (C=O) groups excluding carboxylic acids is 1. The van der Waals surface area contributed by atoms with Gasteiger partial charge in [-0.15, -0.1) is 0 Å². The fourth-order valence-corrected chi connectivity index (χ4v) is 5.02. The summed E-state index contributed by atoms with van der Waals surface area (Å²) in [7, 11) is -3.93. The van der Waals surface area contributed by atoms with Gasteiger partial charge in [0.15, 0.2) is 0 Å². The Balaban J connectivity index is 1.81. The van der Waals surface area contributed by atoms with Gasteiger partial charge in [0.25, 0.3) is 0 Å². The zero-order valence-corrected chi connectivity index (χ0v) is 18.9. The fourth-order valence-electron chi connectivity index (χ4n) is 3.17. The van der Waals surface area contributed by atoms with E-state index in [9.17, 15) is 13.2 Å². The lowest BCUT2D eigenvalue weighted by atomic mass is 10.2. The standard InChI is InChI=1S/C21H24Cl2N2O4S/c1-15-4-8-19(9-5-15)30(27,28)25(13-16-6-7-17(22)11-20(16)23)14-21(26)24-12-18-3-2-10-29-18/h4-9,11,18H,2-3,10,12-14H2,1H3,(H,24,26). The van der Waals surface area contributed by atoms with Crippen LogP contribution >= 0.6 is 23.2 Å². The molecule has 162 valence electrons. The van der Waals surface area contributed by atoms with E-state index in [0.717, 1.165) is 22.7 Å². The van der Waals surface area contributed by atoms with Crippen LogP contribution in [0.1, 0.15) is 24.0 Å². The van der Waals surface area contributed by atoms with Gasteiger partial charge in [0.2, 0.25) is 15.9 Å². The summed E-state index contributed by atoms with van der Waals surface area (Å²) in [4.78, 5) is 12.7. The normalized spacial score (nSPS) is 16.7. The molecule has 1 aliphatic heterocycles. The van der Waals surface area contributed by atoms with Gasteiger partial charge in [-0.3, -0.25) is 4.79 Å². The average molecular weight is 471 g/mol. The van der Waals surface area contributed by atoms with Gasteiger partial charge in [-0.05, 0) is 49.6 Å². The number of carbonyl (C=O) groups is 1. The molecule has 30 heavy (non-hydrogen) atoms. The van der Waals surface area contributed by atoms with Gasteiger partial charge in [-0.2, -0.15) is 4.31 Å². The van der Waals surface area contributed by atoms with Gasteiger partial charge < -0.3 is 10.1 Å². The minimum absolute atomic E-state index is 0.0261. The predicted octanol–water partition coefficient (Wildman–Crippen LogP) is 3.79. The van der Waals surface area contributed by atoms with Crippen LogP contribution < -0.4 is 5.32 Å². The number of hydrogen-bond acceptors (Lipinski definition) is 4. The molecule has 1 amide bonds. The lowest BCUT2D eigenvalue weighted by Crippen LogP contribution is -2.42. The maximum Gasteiger partial charge on any atom is 0.243 e. The van der Waals surface area contributed by atoms with Crippen LogP contribution in [0.2, 0.25) is 10.0 Å². The number of hydrogen-bond donors (Lipinski definition) is 1. The van der Waals surface area contributed by atoms with Crippen molar-refractivity contribution < 1.29 is 17.9 Å². The molecule has 1 unspecified atom stereocenters. The van der Waals surface area contributed by atoms with Crippen LogP contribution in [0, 0.1) is 6.92 Å². The van der Waals surface area contributed by atoms with Crippen molar-refractivity contribution in [3.05, 3.63) is 63.6 Å². The van der Waals surface area contributed by atoms with E-state index in [0.29, 0.717) is 28.8 Å². The van der Waals surface area contributed by atoms with E-state index in [1.807, 2.05) is 6.92 Å². The Morgan fingerprint density at radius 2 is 1.93 bits per heavy atom. The van der Waals surface area contributed by atoms with Gasteiger partial charge in [0, 0.05) is 29.7 Å². The molecule has 1 N–H and O–H groups in total. The molecule has 0 spiro atoms. The second-order valence-electron chi connectivity index (χ2n) is 7.26. The van der Waals surface area contributed by atoms with E-state index in [4.69, 9.17) is 27.9 Å². The molecule has 0 aromatic heterocycles. The van der Waals surface area contributed by atoms with Crippen molar-refractivity contribution in [3.8, 4) is 0 Å². The molecule has 1 atom stereocenters. The molecule has 6 nitrogen and oxygen atoms in total. The highest BCUT2D eigenvalue weighted by Crippen LogP contribution is 2.25. The molecule has 1 aliphatic rings. The van der Waals surface area contributed by atoms with Crippen molar-refractivity contribution in [2.45, 2.75) is 37.3 Å². The summed E-state index contributed by atoms with van der Waals surface area (Å²) in [5.74, 6) is -0.397. The van der Waals surface area contributed by atoms with Crippen LogP contribution in [-0.4, -0.2) is 44.4 Å². The largest absolute Gasteiger partial charge is 0.376 e. The Bertz CT molecular complexity index is 991. The third-order valence-corrected chi connectivity index (χ3v) is 7.28. The van der Waals surface area contributed by atoms with E-state index < -0.39 is 15.9 Å². The number of halogens is 2. The first-order valence-corrected chi connectivity index (χ1v) is 11.8. The molecule has 0 bridgehead atoms. The molecule has 3 rings (SSSR count). The van der Waals surface area contributed by atoms with E-state index >= 15 is 0 Å². The van der Waals surface area contributed by atoms with E-state index in [-0.39, 0.29) is 24.1 Å². The molecule has 0 radical (unpaired) electrons. The minimum Gasteiger partial charge on any atom is -0.376 e. The fraction of sp³-hybridized carbons (Fsp3) is 0.381. The molecule has 1 fully saturated rings. The van der Waals surface area contributed by atoms with Gasteiger partial charge in [-0.1, -0.05) is 47.0 Å². The van der Waals surface area contributed by atoms with Gasteiger partial charge in [0.1, 0.15) is 0 Å². The summed E-state index contributed by atoms with van der Waals surface area (Å²) >= 11 is 12.2. The van der Waals surface area contributed by atoms with Gasteiger partial charge in [0.05, 0.1) is 17.5 Å². The second-order valence-corrected chi connectivity index (χ2v) is 10.0. The number of amides is 1. The molecule has 1 saturated heterocycles. The second kappa shape index (κ2) is 10.1. The highest BCUT2D eigenvalue weighted by Gasteiger charge is 2.28. The number of aryl methyl sites for hydroxylation is 1. The van der Waals surface area contributed by atoms with Gasteiger partial charge >= 0.3 is 0 Å². The molecular formula is C21H24Cl2N2O4S. The first kappa shape index (κ1) is 23.0. The molecule has 2 aromatic rings. The average Bonchev–Trinajstić information content (AvgIpc) is 3.22. The third-order valence-electron chi connectivity index (χ3n) is 4.89. The Morgan fingerprint density at radius 3 is 2.57 bits per heavy atom. The van der Waals surface area contributed by atoms with E-state index in [1.54, 1.807) is 30.3 Å². The SMILES string of the molecule is Cc1ccc(S(=O)(=O)N(CC(=O)NCC2CCCO2)Cc2ccc(Cl)cc2Cl)cc1. The maximum atomic E-state index is 13.3. The summed E-state index contributed by atoms with van der Waals surface area (Å²) in [6.45, 7) is 2.53. The molecule has 0 saturated carbocycles. The van der Waals surface area contributed by atoms with Crippen molar-refractivity contribution >= 4 is 39.1 Å². The van der Waals surface area contributed by atoms with Crippen molar-refractivity contribution in [2.24, 2.45) is 0 Å². The zero-order chi connectivity index (χ0) is 21.7. The summed E-state index contributed by atoms with van der Waals surface area (Å²) in [5.41, 5.74) is 1.50. The third kappa shape index (κ3) is 5.95. The quantitative estimate of drug-likeness (QED) is 0.636. The lowest BCUT2D eigenvalue weighted by Gasteiger charge is -2.23. The first-order valence-electron chi connectivity index (χ1n) is 9.65. The minimum atomic E-state index is -3.93. The topological polar surface area (TPSA) is 75.7 Å². The van der Waals surface area contributed by atoms with E-state index in [2.05, 4.69) is 5.32 Å². The van der Waals surface area contributed by atoms with Crippen LogP contribution in [0.4, 0.5) is 0 Å². The maximum absolute atomic E-state index is 13.3. The van der Waals surface area contributed by atoms with Crippen molar-refractivity contribution in [1.82, 2.24) is 9.62 Å². The van der Waals surface area contributed by atoms with Crippen LogP contribution in [0.5, 0.6) is 0 Å². The summed E-state index contributed by atoms with van der Waals surface area (Å²) in [5, 5.41) is 3.56. The number of ether oxygens (including phenoxy) is 1. The van der Waals surface area contributed by atoms with Crippen LogP contribution in [-0.2, 0) is 26.1 Å². The number of sulfonamides is 1. The molecule has 2 aromatic carbocycles. The van der Waals surface area contributed by atoms with Crippen molar-refractivity contribution in [1.29, 1.82) is 0 Å². The molecule has 0 aliphatic carbocycles. The van der Waals surface area contributed by atoms with Crippen molar-refractivity contribution in [3.63, 3.8) is 0 Å². The first-order chi connectivity index (χ1) is 14.3. The van der Waals surface area contributed by atoms with Crippen molar-refractivity contribution in [2.75, 3.05) is 19.7 Å². The molecular weight excluding hydrogens is 447 g/mol. The lowest BCUT2D eigenvalue weighted by molar-refractivity contribution is -0.121. The van der Waals surface area contributed by atoms with Crippen LogP contribution in [0.3, 0.4) is 0 Å². The van der Waals surface area contributed by atoms with E-state index in [1.165, 1.54) is 12.1 Å². The monoisotopic (exact) mass is 470 g/mol. The van der Waals surface area contributed by atoms with Crippen LogP contribution in [0.25, 0.3) is 0 Å². The number of benzene rings is 2. The Labute approximate surface area is 187 Å². The van der Waals surface area contributed by atoms with Gasteiger partial charge in [-0.25, -0.2) is 8.42 Å². The highest BCUT2D eigenvalue weighted by atomic mass is 35.5. The molecule has 9 heteroatoms. The molecule has 1 heterocycles. The number of nitrogens with zero attached hydrogens (tertiary/aromatic N) is 1. The summed E-state index contributed by atoms with van der Waals surface area (Å²) in [6.07, 6.45) is 1.82. The summed E-state index contributed by atoms with van der Waals surface area (Å²) < 4.78 is 33.2. The zero-order valence-electron chi connectivity index (χ0n) is 16.6. The predicted molar refractivity (Wildman–Crippen MR) is 117 cm³/mol.